The van der Waals surface area contributed by atoms with Crippen LogP contribution in [0.5, 0.6) is 0 Å². The van der Waals surface area contributed by atoms with Crippen molar-refractivity contribution >= 4 is 34.4 Å². The number of aryl methyl sites for hydroxylation is 1. The van der Waals surface area contributed by atoms with Crippen LogP contribution in [0.15, 0.2) is 34.1 Å². The first-order valence-electron chi connectivity index (χ1n) is 7.88. The zero-order valence-electron chi connectivity index (χ0n) is 13.6. The summed E-state index contributed by atoms with van der Waals surface area (Å²) in [7, 11) is 0. The van der Waals surface area contributed by atoms with E-state index in [4.69, 9.17) is 4.42 Å². The molecule has 0 aliphatic carbocycles. The van der Waals surface area contributed by atoms with Gasteiger partial charge in [-0.1, -0.05) is 12.1 Å². The summed E-state index contributed by atoms with van der Waals surface area (Å²) in [5.74, 6) is -0.0535. The van der Waals surface area contributed by atoms with Crippen molar-refractivity contribution in [3.63, 3.8) is 0 Å². The van der Waals surface area contributed by atoms with Gasteiger partial charge in [0.2, 0.25) is 5.91 Å². The summed E-state index contributed by atoms with van der Waals surface area (Å²) < 4.78 is 5.88. The molecule has 0 saturated carbocycles. The van der Waals surface area contributed by atoms with Gasteiger partial charge < -0.3 is 14.6 Å². The van der Waals surface area contributed by atoms with Gasteiger partial charge in [0.15, 0.2) is 5.58 Å². The third-order valence-corrected chi connectivity index (χ3v) is 5.43. The number of hydrogen-bond donors (Lipinski definition) is 1. The summed E-state index contributed by atoms with van der Waals surface area (Å²) in [6.45, 7) is 4.87. The summed E-state index contributed by atoms with van der Waals surface area (Å²) in [5, 5.41) is 6.07. The lowest BCUT2D eigenvalue weighted by Crippen LogP contribution is -2.47. The van der Waals surface area contributed by atoms with Crippen molar-refractivity contribution in [1.29, 1.82) is 0 Å². The quantitative estimate of drug-likeness (QED) is 0.792. The molecule has 1 unspecified atom stereocenters. The van der Waals surface area contributed by atoms with E-state index in [2.05, 4.69) is 20.2 Å². The van der Waals surface area contributed by atoms with E-state index in [-0.39, 0.29) is 5.91 Å². The van der Waals surface area contributed by atoms with Crippen LogP contribution in [0.1, 0.15) is 24.0 Å². The van der Waals surface area contributed by atoms with Crippen molar-refractivity contribution in [3.05, 3.63) is 40.3 Å². The number of amides is 1. The van der Waals surface area contributed by atoms with E-state index in [0.717, 1.165) is 34.8 Å². The lowest BCUT2D eigenvalue weighted by atomic mass is 9.99. The Balaban J connectivity index is 1.67. The largest absolute Gasteiger partial charge is 0.423 e. The molecule has 7 heteroatoms. The second-order valence-corrected chi connectivity index (χ2v) is 7.05. The van der Waals surface area contributed by atoms with E-state index in [1.165, 1.54) is 0 Å². The maximum Gasteiger partial charge on any atom is 0.298 e. The number of para-hydroxylation sites is 2. The highest BCUT2D eigenvalue weighted by atomic mass is 32.1. The molecule has 1 aliphatic heterocycles. The van der Waals surface area contributed by atoms with Crippen LogP contribution in [0.3, 0.4) is 0 Å². The highest BCUT2D eigenvalue weighted by Crippen LogP contribution is 2.36. The number of carbonyl (C=O) groups excluding carboxylic acids is 1. The summed E-state index contributed by atoms with van der Waals surface area (Å²) in [4.78, 5) is 23.0. The molecule has 24 heavy (non-hydrogen) atoms. The Bertz CT molecular complexity index is 870. The number of carbonyl (C=O) groups is 1. The fraction of sp³-hybridized carbons (Fsp3) is 0.353. The maximum absolute atomic E-state index is 11.8. The van der Waals surface area contributed by atoms with Gasteiger partial charge in [0, 0.05) is 24.5 Å². The van der Waals surface area contributed by atoms with Gasteiger partial charge in [0.05, 0.1) is 6.54 Å². The minimum absolute atomic E-state index is 0.0535. The minimum Gasteiger partial charge on any atom is -0.423 e. The molecule has 124 valence electrons. The first-order valence-corrected chi connectivity index (χ1v) is 8.76. The number of thiazole rings is 1. The molecule has 1 aliphatic rings. The number of hydrogen-bond acceptors (Lipinski definition) is 6. The zero-order chi connectivity index (χ0) is 16.7. The van der Waals surface area contributed by atoms with E-state index >= 15 is 0 Å². The third-order valence-electron chi connectivity index (χ3n) is 4.27. The molecule has 6 nitrogen and oxygen atoms in total. The molecule has 0 radical (unpaired) electrons. The number of oxazole rings is 1. The number of anilines is 1. The normalized spacial score (nSPS) is 20.7. The molecule has 1 fully saturated rings. The fourth-order valence-corrected chi connectivity index (χ4v) is 4.18. The molecule has 4 rings (SSSR count). The standard InChI is InChI=1S/C17H18N4O2S/c1-11-9-24-15(18-11)17(20-12(2)22)7-8-21(10-17)16-19-13-5-3-4-6-14(13)23-16/h3-6,9H,7-8,10H2,1-2H3,(H,20,22). The molecule has 1 aromatic carbocycles. The van der Waals surface area contributed by atoms with Crippen molar-refractivity contribution in [2.75, 3.05) is 18.0 Å². The molecular formula is C17H18N4O2S. The number of nitrogens with zero attached hydrogens (tertiary/aromatic N) is 3. The van der Waals surface area contributed by atoms with E-state index in [1.807, 2.05) is 36.6 Å². The Morgan fingerprint density at radius 3 is 2.92 bits per heavy atom. The van der Waals surface area contributed by atoms with E-state index in [1.54, 1.807) is 18.3 Å². The van der Waals surface area contributed by atoms with Crippen molar-refractivity contribution in [1.82, 2.24) is 15.3 Å². The van der Waals surface area contributed by atoms with Gasteiger partial charge in [0.25, 0.3) is 6.01 Å². The second kappa shape index (κ2) is 5.59. The molecular weight excluding hydrogens is 324 g/mol. The van der Waals surface area contributed by atoms with Gasteiger partial charge in [-0.3, -0.25) is 4.79 Å². The SMILES string of the molecule is CC(=O)NC1(c2nc(C)cs2)CCN(c2nc3ccccc3o2)C1. The Hall–Kier alpha value is -2.41. The first kappa shape index (κ1) is 15.1. The molecule has 1 atom stereocenters. The fourth-order valence-electron chi connectivity index (χ4n) is 3.21. The predicted octanol–water partition coefficient (Wildman–Crippen LogP) is 2.83. The smallest absolute Gasteiger partial charge is 0.298 e. The molecule has 1 amide bonds. The molecule has 1 N–H and O–H groups in total. The highest BCUT2D eigenvalue weighted by Gasteiger charge is 2.44. The average Bonchev–Trinajstić information content (AvgIpc) is 3.24. The second-order valence-electron chi connectivity index (χ2n) is 6.19. The van der Waals surface area contributed by atoms with Gasteiger partial charge in [-0.25, -0.2) is 4.98 Å². The van der Waals surface area contributed by atoms with Crippen LogP contribution in [0.2, 0.25) is 0 Å². The van der Waals surface area contributed by atoms with Crippen LogP contribution in [0.4, 0.5) is 6.01 Å². The van der Waals surface area contributed by atoms with Gasteiger partial charge in [-0.15, -0.1) is 11.3 Å². The number of fused-ring (bicyclic) bond motifs is 1. The highest BCUT2D eigenvalue weighted by molar-refractivity contribution is 7.09. The summed E-state index contributed by atoms with van der Waals surface area (Å²) >= 11 is 1.59. The number of rotatable bonds is 3. The zero-order valence-corrected chi connectivity index (χ0v) is 14.4. The van der Waals surface area contributed by atoms with E-state index in [9.17, 15) is 4.79 Å². The van der Waals surface area contributed by atoms with Crippen LogP contribution in [0.25, 0.3) is 11.1 Å². The van der Waals surface area contributed by atoms with Crippen molar-refractivity contribution in [2.45, 2.75) is 25.8 Å². The number of aromatic nitrogens is 2. The number of benzene rings is 1. The van der Waals surface area contributed by atoms with Crippen molar-refractivity contribution in [2.24, 2.45) is 0 Å². The van der Waals surface area contributed by atoms with Crippen molar-refractivity contribution in [3.8, 4) is 0 Å². The Morgan fingerprint density at radius 2 is 2.21 bits per heavy atom. The third kappa shape index (κ3) is 2.54. The van der Waals surface area contributed by atoms with Crippen LogP contribution in [0, 0.1) is 6.92 Å². The minimum atomic E-state index is -0.481. The first-order chi connectivity index (χ1) is 11.6. The summed E-state index contributed by atoms with van der Waals surface area (Å²) in [5.41, 5.74) is 2.11. The predicted molar refractivity (Wildman–Crippen MR) is 93.2 cm³/mol. The molecule has 1 saturated heterocycles. The van der Waals surface area contributed by atoms with Gasteiger partial charge in [-0.05, 0) is 25.5 Å². The average molecular weight is 342 g/mol. The molecule has 0 spiro atoms. The van der Waals surface area contributed by atoms with Crippen LogP contribution in [-0.4, -0.2) is 29.0 Å². The Labute approximate surface area is 143 Å². The van der Waals surface area contributed by atoms with E-state index in [0.29, 0.717) is 12.6 Å². The molecule has 3 heterocycles. The van der Waals surface area contributed by atoms with E-state index < -0.39 is 5.54 Å². The summed E-state index contributed by atoms with van der Waals surface area (Å²) in [6.07, 6.45) is 0.776. The van der Waals surface area contributed by atoms with Crippen molar-refractivity contribution < 1.29 is 9.21 Å². The molecule has 2 aromatic heterocycles. The van der Waals surface area contributed by atoms with Crippen LogP contribution < -0.4 is 10.2 Å². The summed E-state index contributed by atoms with van der Waals surface area (Å²) in [6, 6.07) is 8.31. The molecule has 3 aromatic rings. The Kier molecular flexibility index (Phi) is 3.53. The topological polar surface area (TPSA) is 71.3 Å². The Morgan fingerprint density at radius 1 is 1.38 bits per heavy atom. The van der Waals surface area contributed by atoms with Gasteiger partial charge in [-0.2, -0.15) is 4.98 Å². The maximum atomic E-state index is 11.8. The van der Waals surface area contributed by atoms with Crippen LogP contribution in [-0.2, 0) is 10.3 Å². The van der Waals surface area contributed by atoms with Crippen LogP contribution >= 0.6 is 11.3 Å². The monoisotopic (exact) mass is 342 g/mol. The molecule has 0 bridgehead atoms. The lowest BCUT2D eigenvalue weighted by Gasteiger charge is -2.27. The lowest BCUT2D eigenvalue weighted by molar-refractivity contribution is -0.120. The number of nitrogens with one attached hydrogen (secondary N) is 1. The van der Waals surface area contributed by atoms with Gasteiger partial charge in [0.1, 0.15) is 16.1 Å². The van der Waals surface area contributed by atoms with Gasteiger partial charge >= 0.3 is 0 Å².